The van der Waals surface area contributed by atoms with Crippen molar-refractivity contribution in [1.82, 2.24) is 10.3 Å². The second-order valence-electron chi connectivity index (χ2n) is 3.90. The molecular formula is C9H19N3O. The molecule has 0 aromatic heterocycles. The van der Waals surface area contributed by atoms with Gasteiger partial charge in [0.15, 0.2) is 0 Å². The maximum Gasteiger partial charge on any atom is 0.250 e. The van der Waals surface area contributed by atoms with E-state index in [1.54, 1.807) is 0 Å². The van der Waals surface area contributed by atoms with Crippen molar-refractivity contribution in [1.29, 1.82) is 0 Å². The highest BCUT2D eigenvalue weighted by atomic mass is 16.2. The first-order chi connectivity index (χ1) is 6.15. The molecule has 1 aliphatic heterocycles. The van der Waals surface area contributed by atoms with Crippen LogP contribution in [-0.4, -0.2) is 29.9 Å². The average Bonchev–Trinajstić information content (AvgIpc) is 2.17. The molecule has 76 valence electrons. The number of hydrogen-bond acceptors (Lipinski definition) is 3. The quantitative estimate of drug-likeness (QED) is 0.364. The topological polar surface area (TPSA) is 58.4 Å². The normalized spacial score (nSPS) is 22.7. The summed E-state index contributed by atoms with van der Waals surface area (Å²) in [6.45, 7) is 6.18. The van der Waals surface area contributed by atoms with Crippen LogP contribution in [0.15, 0.2) is 0 Å². The first-order valence-electron chi connectivity index (χ1n) is 4.89. The van der Waals surface area contributed by atoms with E-state index in [4.69, 9.17) is 5.84 Å². The monoisotopic (exact) mass is 185 g/mol. The van der Waals surface area contributed by atoms with Crippen molar-refractivity contribution in [2.24, 2.45) is 11.8 Å². The van der Waals surface area contributed by atoms with E-state index in [1.165, 1.54) is 12.8 Å². The predicted octanol–water partition coefficient (Wildman–Crippen LogP) is 0.0967. The van der Waals surface area contributed by atoms with Gasteiger partial charge < -0.3 is 0 Å². The maximum absolute atomic E-state index is 11.2. The molecule has 0 radical (unpaired) electrons. The van der Waals surface area contributed by atoms with Crippen molar-refractivity contribution >= 4 is 5.91 Å². The van der Waals surface area contributed by atoms with Crippen LogP contribution in [0.3, 0.4) is 0 Å². The van der Waals surface area contributed by atoms with Crippen LogP contribution in [0.2, 0.25) is 0 Å². The summed E-state index contributed by atoms with van der Waals surface area (Å²) < 4.78 is 0. The van der Waals surface area contributed by atoms with E-state index in [9.17, 15) is 4.79 Å². The molecule has 0 aromatic rings. The summed E-state index contributed by atoms with van der Waals surface area (Å²) in [6, 6.07) is -0.0856. The molecule has 0 bridgehead atoms. The molecule has 1 rings (SSSR count). The molecule has 0 aromatic carbocycles. The Labute approximate surface area is 79.4 Å². The molecule has 1 heterocycles. The third-order valence-electron chi connectivity index (χ3n) is 2.89. The molecule has 1 amide bonds. The van der Waals surface area contributed by atoms with Crippen LogP contribution < -0.4 is 11.3 Å². The van der Waals surface area contributed by atoms with Gasteiger partial charge in [-0.05, 0) is 38.8 Å². The summed E-state index contributed by atoms with van der Waals surface area (Å²) in [4.78, 5) is 13.4. The minimum absolute atomic E-state index is 0.0856. The molecule has 4 nitrogen and oxygen atoms in total. The van der Waals surface area contributed by atoms with Gasteiger partial charge in [-0.15, -0.1) is 0 Å². The second kappa shape index (κ2) is 4.58. The maximum atomic E-state index is 11.2. The lowest BCUT2D eigenvalue weighted by atomic mass is 9.98. The fraction of sp³-hybridized carbons (Fsp3) is 0.889. The zero-order chi connectivity index (χ0) is 9.84. The Hall–Kier alpha value is -0.610. The third-order valence-corrected chi connectivity index (χ3v) is 2.89. The number of amides is 1. The minimum Gasteiger partial charge on any atom is -0.293 e. The highest BCUT2D eigenvalue weighted by Gasteiger charge is 2.24. The molecular weight excluding hydrogens is 166 g/mol. The van der Waals surface area contributed by atoms with Crippen molar-refractivity contribution in [3.63, 3.8) is 0 Å². The van der Waals surface area contributed by atoms with Gasteiger partial charge in [0, 0.05) is 0 Å². The summed E-state index contributed by atoms with van der Waals surface area (Å²) in [5.41, 5.74) is 2.19. The molecule has 0 saturated carbocycles. The lowest BCUT2D eigenvalue weighted by Gasteiger charge is -2.33. The van der Waals surface area contributed by atoms with Crippen molar-refractivity contribution in [3.8, 4) is 0 Å². The van der Waals surface area contributed by atoms with Crippen LogP contribution in [0, 0.1) is 5.92 Å². The summed E-state index contributed by atoms with van der Waals surface area (Å²) in [5, 5.41) is 0. The Balaban J connectivity index is 2.39. The predicted molar refractivity (Wildman–Crippen MR) is 51.8 cm³/mol. The average molecular weight is 185 g/mol. The fourth-order valence-corrected chi connectivity index (χ4v) is 1.70. The van der Waals surface area contributed by atoms with E-state index < -0.39 is 0 Å². The van der Waals surface area contributed by atoms with Gasteiger partial charge in [0.1, 0.15) is 0 Å². The van der Waals surface area contributed by atoms with Crippen molar-refractivity contribution < 1.29 is 4.79 Å². The first kappa shape index (κ1) is 10.5. The van der Waals surface area contributed by atoms with Crippen molar-refractivity contribution in [3.05, 3.63) is 0 Å². The number of nitrogens with two attached hydrogens (primary N) is 1. The van der Waals surface area contributed by atoms with Crippen LogP contribution in [0.4, 0.5) is 0 Å². The summed E-state index contributed by atoms with van der Waals surface area (Å²) in [6.07, 6.45) is 2.37. The van der Waals surface area contributed by atoms with Gasteiger partial charge in [-0.2, -0.15) is 0 Å². The van der Waals surface area contributed by atoms with Crippen LogP contribution in [0.1, 0.15) is 26.7 Å². The van der Waals surface area contributed by atoms with E-state index >= 15 is 0 Å². The van der Waals surface area contributed by atoms with Gasteiger partial charge in [0.25, 0.3) is 5.91 Å². The molecule has 1 fully saturated rings. The Morgan fingerprint density at radius 1 is 1.54 bits per heavy atom. The van der Waals surface area contributed by atoms with Gasteiger partial charge in [0.2, 0.25) is 0 Å². The molecule has 3 N–H and O–H groups in total. The Kier molecular flexibility index (Phi) is 3.69. The number of carbonyl (C=O) groups is 1. The molecule has 4 heteroatoms. The molecule has 0 unspecified atom stereocenters. The summed E-state index contributed by atoms with van der Waals surface area (Å²) in [7, 11) is 0. The van der Waals surface area contributed by atoms with E-state index in [-0.39, 0.29) is 11.9 Å². The van der Waals surface area contributed by atoms with Gasteiger partial charge in [-0.1, -0.05) is 6.92 Å². The van der Waals surface area contributed by atoms with Crippen molar-refractivity contribution in [2.75, 3.05) is 13.1 Å². The van der Waals surface area contributed by atoms with Crippen molar-refractivity contribution in [2.45, 2.75) is 32.7 Å². The first-order valence-corrected chi connectivity index (χ1v) is 4.89. The van der Waals surface area contributed by atoms with E-state index in [1.807, 2.05) is 6.92 Å². The number of nitrogens with one attached hydrogen (secondary N) is 1. The highest BCUT2D eigenvalue weighted by Crippen LogP contribution is 2.17. The Morgan fingerprint density at radius 2 is 2.08 bits per heavy atom. The van der Waals surface area contributed by atoms with E-state index in [2.05, 4.69) is 17.2 Å². The number of rotatable bonds is 2. The largest absolute Gasteiger partial charge is 0.293 e. The SMILES string of the molecule is CC1CCN([C@@H](C)C(=O)NN)CC1. The van der Waals surface area contributed by atoms with E-state index in [0.717, 1.165) is 19.0 Å². The fourth-order valence-electron chi connectivity index (χ4n) is 1.70. The lowest BCUT2D eigenvalue weighted by Crippen LogP contribution is -2.49. The number of hydrazine groups is 1. The van der Waals surface area contributed by atoms with Crippen LogP contribution in [0.25, 0.3) is 0 Å². The van der Waals surface area contributed by atoms with Gasteiger partial charge in [0.05, 0.1) is 6.04 Å². The summed E-state index contributed by atoms with van der Waals surface area (Å²) in [5.74, 6) is 5.79. The minimum atomic E-state index is -0.0884. The Morgan fingerprint density at radius 3 is 2.54 bits per heavy atom. The number of nitrogens with zero attached hydrogens (tertiary/aromatic N) is 1. The molecule has 1 aliphatic rings. The van der Waals surface area contributed by atoms with Gasteiger partial charge in [-0.3, -0.25) is 15.1 Å². The molecule has 0 aliphatic carbocycles. The smallest absolute Gasteiger partial charge is 0.250 e. The van der Waals surface area contributed by atoms with Crippen LogP contribution in [0.5, 0.6) is 0 Å². The lowest BCUT2D eigenvalue weighted by molar-refractivity contribution is -0.126. The van der Waals surface area contributed by atoms with Crippen LogP contribution >= 0.6 is 0 Å². The number of carbonyl (C=O) groups excluding carboxylic acids is 1. The summed E-state index contributed by atoms with van der Waals surface area (Å²) >= 11 is 0. The van der Waals surface area contributed by atoms with Gasteiger partial charge in [-0.25, -0.2) is 5.84 Å². The highest BCUT2D eigenvalue weighted by molar-refractivity contribution is 5.80. The molecule has 13 heavy (non-hydrogen) atoms. The number of piperidine rings is 1. The second-order valence-corrected chi connectivity index (χ2v) is 3.90. The molecule has 1 saturated heterocycles. The standard InChI is InChI=1S/C9H19N3O/c1-7-3-5-12(6-4-7)8(2)9(13)11-10/h7-8H,3-6,10H2,1-2H3,(H,11,13)/t8-/m0/s1. The Bertz CT molecular complexity index is 176. The van der Waals surface area contributed by atoms with E-state index in [0.29, 0.717) is 0 Å². The number of likely N-dealkylation sites (tertiary alicyclic amines) is 1. The third kappa shape index (κ3) is 2.67. The zero-order valence-electron chi connectivity index (χ0n) is 8.42. The van der Waals surface area contributed by atoms with Gasteiger partial charge >= 0.3 is 0 Å². The molecule has 0 spiro atoms. The number of hydrogen-bond donors (Lipinski definition) is 2. The zero-order valence-corrected chi connectivity index (χ0v) is 8.42. The molecule has 1 atom stereocenters. The van der Waals surface area contributed by atoms with Crippen LogP contribution in [-0.2, 0) is 4.79 Å².